The van der Waals surface area contributed by atoms with Crippen molar-refractivity contribution in [3.05, 3.63) is 47.5 Å². The fraction of sp³-hybridized carbons (Fsp3) is 0.375. The average Bonchev–Trinajstić information content (AvgIpc) is 3.40. The summed E-state index contributed by atoms with van der Waals surface area (Å²) in [6.45, 7) is 8.91. The molecule has 0 aliphatic heterocycles. The first kappa shape index (κ1) is 26.4. The first-order chi connectivity index (χ1) is 16.8. The van der Waals surface area contributed by atoms with Crippen molar-refractivity contribution >= 4 is 40.0 Å². The van der Waals surface area contributed by atoms with Crippen LogP contribution in [0.25, 0.3) is 11.4 Å². The number of aryl methyl sites for hydroxylation is 1. The van der Waals surface area contributed by atoms with E-state index in [0.29, 0.717) is 39.8 Å². The number of amides is 2. The number of aromatic nitrogens is 4. The van der Waals surface area contributed by atoms with E-state index in [1.807, 2.05) is 28.8 Å². The van der Waals surface area contributed by atoms with E-state index in [0.717, 1.165) is 24.2 Å². The molecule has 0 unspecified atom stereocenters. The van der Waals surface area contributed by atoms with Crippen molar-refractivity contribution in [2.75, 3.05) is 31.8 Å². The Morgan fingerprint density at radius 3 is 2.66 bits per heavy atom. The van der Waals surface area contributed by atoms with Crippen molar-refractivity contribution in [2.45, 2.75) is 38.4 Å². The lowest BCUT2D eigenvalue weighted by molar-refractivity contribution is -0.113. The monoisotopic (exact) mass is 514 g/mol. The Morgan fingerprint density at radius 1 is 1.26 bits per heavy atom. The number of benzene rings is 1. The smallest absolute Gasteiger partial charge is 0.265 e. The summed E-state index contributed by atoms with van der Waals surface area (Å²) in [7, 11) is 3.36. The van der Waals surface area contributed by atoms with E-state index in [4.69, 9.17) is 4.74 Å². The fourth-order valence-electron chi connectivity index (χ4n) is 3.07. The second-order valence-corrected chi connectivity index (χ2v) is 9.84. The van der Waals surface area contributed by atoms with Crippen molar-refractivity contribution in [1.82, 2.24) is 24.6 Å². The molecule has 0 radical (unpaired) electrons. The lowest BCUT2D eigenvalue weighted by Gasteiger charge is -2.09. The summed E-state index contributed by atoms with van der Waals surface area (Å²) in [6.07, 6.45) is 3.86. The summed E-state index contributed by atoms with van der Waals surface area (Å²) in [5.74, 6) is 1.25. The highest BCUT2D eigenvalue weighted by atomic mass is 32.2. The molecule has 0 saturated heterocycles. The zero-order chi connectivity index (χ0) is 25.4. The Morgan fingerprint density at radius 2 is 2.00 bits per heavy atom. The van der Waals surface area contributed by atoms with E-state index in [-0.39, 0.29) is 17.6 Å². The minimum Gasteiger partial charge on any atom is -0.494 e. The van der Waals surface area contributed by atoms with Gasteiger partial charge in [0.15, 0.2) is 16.1 Å². The minimum atomic E-state index is -0.240. The fourth-order valence-corrected chi connectivity index (χ4v) is 4.83. The van der Waals surface area contributed by atoms with E-state index in [9.17, 15) is 9.59 Å². The molecule has 1 N–H and O–H groups in total. The predicted octanol–water partition coefficient (Wildman–Crippen LogP) is 4.51. The van der Waals surface area contributed by atoms with E-state index >= 15 is 0 Å². The third kappa shape index (κ3) is 6.92. The summed E-state index contributed by atoms with van der Waals surface area (Å²) in [4.78, 5) is 31.1. The summed E-state index contributed by atoms with van der Waals surface area (Å²) in [5, 5.41) is 12.4. The molecule has 0 atom stereocenters. The van der Waals surface area contributed by atoms with Gasteiger partial charge in [0.25, 0.3) is 5.91 Å². The third-order valence-electron chi connectivity index (χ3n) is 4.88. The number of unbranched alkanes of at least 4 members (excludes halogenated alkanes) is 1. The quantitative estimate of drug-likeness (QED) is 0.216. The Hall–Kier alpha value is -3.18. The maximum atomic E-state index is 12.5. The van der Waals surface area contributed by atoms with Crippen LogP contribution < -0.4 is 10.1 Å². The second-order valence-electron chi connectivity index (χ2n) is 7.90. The van der Waals surface area contributed by atoms with Crippen LogP contribution in [0.1, 0.15) is 35.1 Å². The molecule has 9 nitrogen and oxygen atoms in total. The van der Waals surface area contributed by atoms with Crippen LogP contribution in [0.3, 0.4) is 0 Å². The number of anilines is 1. The Kier molecular flexibility index (Phi) is 9.44. The van der Waals surface area contributed by atoms with E-state index in [1.54, 1.807) is 27.1 Å². The van der Waals surface area contributed by atoms with E-state index in [2.05, 4.69) is 34.0 Å². The zero-order valence-electron chi connectivity index (χ0n) is 20.4. The van der Waals surface area contributed by atoms with Gasteiger partial charge in [0.1, 0.15) is 10.6 Å². The minimum absolute atomic E-state index is 0.120. The normalized spacial score (nSPS) is 10.7. The number of nitrogens with one attached hydrogen (secondary N) is 1. The molecule has 0 aliphatic rings. The van der Waals surface area contributed by atoms with Gasteiger partial charge in [0.05, 0.1) is 18.1 Å². The zero-order valence-corrected chi connectivity index (χ0v) is 22.0. The number of hydrogen-bond acceptors (Lipinski definition) is 8. The maximum absolute atomic E-state index is 12.5. The van der Waals surface area contributed by atoms with Crippen molar-refractivity contribution in [3.8, 4) is 17.1 Å². The maximum Gasteiger partial charge on any atom is 0.265 e. The number of ether oxygens (including phenoxy) is 1. The van der Waals surface area contributed by atoms with Crippen LogP contribution in [0.4, 0.5) is 5.13 Å². The van der Waals surface area contributed by atoms with Gasteiger partial charge in [-0.2, -0.15) is 0 Å². The molecular formula is C24H30N6O3S2. The molecule has 11 heteroatoms. The molecule has 2 aromatic heterocycles. The van der Waals surface area contributed by atoms with Crippen LogP contribution in [0.5, 0.6) is 5.75 Å². The van der Waals surface area contributed by atoms with Crippen LogP contribution in [0.2, 0.25) is 0 Å². The third-order valence-corrected chi connectivity index (χ3v) is 6.91. The SMILES string of the molecule is C=CCn1c(SCC(=O)Nc2nc(C)c(C(=O)N(C)C)s2)nnc1-c1ccc(OCCCC)cc1. The molecule has 3 aromatic rings. The van der Waals surface area contributed by atoms with Gasteiger partial charge in [-0.25, -0.2) is 4.98 Å². The molecule has 3 rings (SSSR count). The highest BCUT2D eigenvalue weighted by Gasteiger charge is 2.19. The van der Waals surface area contributed by atoms with Gasteiger partial charge in [-0.3, -0.25) is 14.2 Å². The largest absolute Gasteiger partial charge is 0.494 e. The summed E-state index contributed by atoms with van der Waals surface area (Å²) in [5.41, 5.74) is 1.49. The van der Waals surface area contributed by atoms with Crippen LogP contribution >= 0.6 is 23.1 Å². The van der Waals surface area contributed by atoms with Crippen LogP contribution in [0, 0.1) is 6.92 Å². The van der Waals surface area contributed by atoms with Gasteiger partial charge < -0.3 is 15.0 Å². The Balaban J connectivity index is 1.66. The van der Waals surface area contributed by atoms with Gasteiger partial charge in [0, 0.05) is 26.2 Å². The van der Waals surface area contributed by atoms with Crippen molar-refractivity contribution in [3.63, 3.8) is 0 Å². The highest BCUT2D eigenvalue weighted by Crippen LogP contribution is 2.27. The summed E-state index contributed by atoms with van der Waals surface area (Å²) < 4.78 is 7.65. The standard InChI is InChI=1S/C24H30N6O3S2/c1-6-8-14-33-18-11-9-17(10-12-18)21-27-28-24(30(21)13-7-2)34-15-19(31)26-23-25-16(3)20(35-23)22(32)29(4)5/h7,9-12H,2,6,8,13-15H2,1,3-5H3,(H,25,26,31). The number of allylic oxidation sites excluding steroid dienone is 1. The van der Waals surface area contributed by atoms with Crippen molar-refractivity contribution < 1.29 is 14.3 Å². The average molecular weight is 515 g/mol. The van der Waals surface area contributed by atoms with Gasteiger partial charge in [-0.05, 0) is 37.6 Å². The predicted molar refractivity (Wildman–Crippen MR) is 140 cm³/mol. The van der Waals surface area contributed by atoms with Crippen molar-refractivity contribution in [2.24, 2.45) is 0 Å². The Bertz CT molecular complexity index is 1170. The number of thioether (sulfide) groups is 1. The van der Waals surface area contributed by atoms with Crippen molar-refractivity contribution in [1.29, 1.82) is 0 Å². The number of carbonyl (C=O) groups excluding carboxylic acids is 2. The van der Waals surface area contributed by atoms with E-state index in [1.165, 1.54) is 28.0 Å². The number of thiazole rings is 1. The van der Waals surface area contributed by atoms with Gasteiger partial charge in [0.2, 0.25) is 5.91 Å². The lowest BCUT2D eigenvalue weighted by atomic mass is 10.2. The highest BCUT2D eigenvalue weighted by molar-refractivity contribution is 7.99. The first-order valence-electron chi connectivity index (χ1n) is 11.2. The molecule has 0 saturated carbocycles. The van der Waals surface area contributed by atoms with Crippen LogP contribution in [0.15, 0.2) is 42.1 Å². The molecule has 186 valence electrons. The van der Waals surface area contributed by atoms with Crippen LogP contribution in [-0.4, -0.2) is 62.9 Å². The van der Waals surface area contributed by atoms with Gasteiger partial charge >= 0.3 is 0 Å². The number of hydrogen-bond donors (Lipinski definition) is 1. The molecule has 0 bridgehead atoms. The molecule has 0 spiro atoms. The molecular weight excluding hydrogens is 484 g/mol. The molecule has 35 heavy (non-hydrogen) atoms. The number of rotatable bonds is 12. The number of carbonyl (C=O) groups is 2. The van der Waals surface area contributed by atoms with E-state index < -0.39 is 0 Å². The van der Waals surface area contributed by atoms with Crippen LogP contribution in [-0.2, 0) is 11.3 Å². The molecule has 0 aliphatic carbocycles. The van der Waals surface area contributed by atoms with Gasteiger partial charge in [-0.15, -0.1) is 16.8 Å². The molecule has 2 amide bonds. The summed E-state index contributed by atoms with van der Waals surface area (Å²) >= 11 is 2.44. The summed E-state index contributed by atoms with van der Waals surface area (Å²) in [6, 6.07) is 7.74. The van der Waals surface area contributed by atoms with Gasteiger partial charge in [-0.1, -0.05) is 42.5 Å². The molecule has 2 heterocycles. The lowest BCUT2D eigenvalue weighted by Crippen LogP contribution is -2.21. The molecule has 1 aromatic carbocycles. The second kappa shape index (κ2) is 12.5. The first-order valence-corrected chi connectivity index (χ1v) is 13.0. The topological polar surface area (TPSA) is 102 Å². The Labute approximate surface area is 213 Å². The number of nitrogens with zero attached hydrogens (tertiary/aromatic N) is 5. The molecule has 0 fully saturated rings.